The fraction of sp³-hybridized carbons (Fsp3) is 0.250. The first kappa shape index (κ1) is 21.9. The van der Waals surface area contributed by atoms with Gasteiger partial charge in [-0.2, -0.15) is 0 Å². The van der Waals surface area contributed by atoms with E-state index < -0.39 is 0 Å². The lowest BCUT2D eigenvalue weighted by molar-refractivity contribution is 0.0736. The minimum absolute atomic E-state index is 0.00593. The molecule has 0 fully saturated rings. The summed E-state index contributed by atoms with van der Waals surface area (Å²) < 4.78 is 11.6. The van der Waals surface area contributed by atoms with Crippen LogP contribution in [0.3, 0.4) is 0 Å². The highest BCUT2D eigenvalue weighted by atomic mass is 16.5. The van der Waals surface area contributed by atoms with Gasteiger partial charge < -0.3 is 14.4 Å². The molecule has 2 aromatic carbocycles. The third kappa shape index (κ3) is 4.19. The number of ether oxygens (including phenoxy) is 2. The van der Waals surface area contributed by atoms with Gasteiger partial charge in [-0.15, -0.1) is 0 Å². The molecule has 1 amide bonds. The molecule has 34 heavy (non-hydrogen) atoms. The molecule has 0 bridgehead atoms. The highest BCUT2D eigenvalue weighted by molar-refractivity contribution is 6.07. The number of fused-ring (bicyclic) bond motifs is 2. The second-order valence-corrected chi connectivity index (χ2v) is 8.22. The molecule has 6 nitrogen and oxygen atoms in total. The van der Waals surface area contributed by atoms with Gasteiger partial charge in [0.05, 0.1) is 30.0 Å². The van der Waals surface area contributed by atoms with E-state index in [2.05, 4.69) is 11.1 Å². The van der Waals surface area contributed by atoms with Crippen molar-refractivity contribution in [1.82, 2.24) is 14.9 Å². The number of aromatic nitrogens is 2. The maximum absolute atomic E-state index is 13.8. The molecule has 0 aliphatic carbocycles. The normalized spacial score (nSPS) is 12.9. The van der Waals surface area contributed by atoms with Crippen molar-refractivity contribution in [3.05, 3.63) is 83.7 Å². The maximum Gasteiger partial charge on any atom is 0.254 e. The van der Waals surface area contributed by atoms with Crippen molar-refractivity contribution in [2.75, 3.05) is 19.8 Å². The Morgan fingerprint density at radius 1 is 0.941 bits per heavy atom. The van der Waals surface area contributed by atoms with E-state index in [0.717, 1.165) is 45.6 Å². The molecule has 0 spiro atoms. The Balaban J connectivity index is 1.51. The molecular formula is C28H27N3O3. The zero-order valence-corrected chi connectivity index (χ0v) is 19.5. The van der Waals surface area contributed by atoms with Crippen molar-refractivity contribution < 1.29 is 14.3 Å². The molecule has 0 atom stereocenters. The summed E-state index contributed by atoms with van der Waals surface area (Å²) in [5.41, 5.74) is 5.46. The minimum atomic E-state index is 0.00593. The van der Waals surface area contributed by atoms with E-state index in [-0.39, 0.29) is 5.91 Å². The molecule has 0 unspecified atom stereocenters. The van der Waals surface area contributed by atoms with Gasteiger partial charge in [-0.1, -0.05) is 18.2 Å². The van der Waals surface area contributed by atoms with E-state index in [1.54, 1.807) is 12.4 Å². The fourth-order valence-corrected chi connectivity index (χ4v) is 4.47. The lowest BCUT2D eigenvalue weighted by Gasteiger charge is -2.30. The van der Waals surface area contributed by atoms with Crippen LogP contribution >= 0.6 is 0 Å². The average molecular weight is 454 g/mol. The number of rotatable bonds is 6. The predicted octanol–water partition coefficient (Wildman–Crippen LogP) is 5.29. The minimum Gasteiger partial charge on any atom is -0.490 e. The van der Waals surface area contributed by atoms with Gasteiger partial charge in [-0.3, -0.25) is 9.78 Å². The van der Waals surface area contributed by atoms with E-state index in [9.17, 15) is 4.79 Å². The van der Waals surface area contributed by atoms with Gasteiger partial charge >= 0.3 is 0 Å². The SMILES string of the molecule is CCOc1cc2c(cc1OCC)CN(C(=O)c1cc(-c3ccncc3)nc3ccccc13)CC2. The molecule has 3 heterocycles. The number of amides is 1. The second-order valence-electron chi connectivity index (χ2n) is 8.22. The molecule has 0 saturated carbocycles. The van der Waals surface area contributed by atoms with Gasteiger partial charge in [0.2, 0.25) is 0 Å². The Labute approximate surface area is 199 Å². The van der Waals surface area contributed by atoms with Crippen LogP contribution in [0.25, 0.3) is 22.2 Å². The Hall–Kier alpha value is -3.93. The van der Waals surface area contributed by atoms with Gasteiger partial charge in [0.15, 0.2) is 11.5 Å². The quantitative estimate of drug-likeness (QED) is 0.397. The fourth-order valence-electron chi connectivity index (χ4n) is 4.47. The average Bonchev–Trinajstić information content (AvgIpc) is 2.88. The zero-order chi connectivity index (χ0) is 23.5. The second kappa shape index (κ2) is 9.51. The van der Waals surface area contributed by atoms with E-state index in [1.165, 1.54) is 5.56 Å². The summed E-state index contributed by atoms with van der Waals surface area (Å²) in [5.74, 6) is 1.50. The summed E-state index contributed by atoms with van der Waals surface area (Å²) in [6.45, 7) is 6.24. The van der Waals surface area contributed by atoms with Crippen LogP contribution in [0.5, 0.6) is 11.5 Å². The Bertz CT molecular complexity index is 1340. The monoisotopic (exact) mass is 453 g/mol. The van der Waals surface area contributed by atoms with Crippen molar-refractivity contribution in [2.45, 2.75) is 26.8 Å². The summed E-state index contributed by atoms with van der Waals surface area (Å²) >= 11 is 0. The molecule has 1 aliphatic heterocycles. The number of pyridine rings is 2. The lowest BCUT2D eigenvalue weighted by Crippen LogP contribution is -2.36. The van der Waals surface area contributed by atoms with E-state index in [0.29, 0.717) is 31.9 Å². The van der Waals surface area contributed by atoms with Crippen LogP contribution in [0, 0.1) is 0 Å². The van der Waals surface area contributed by atoms with Gasteiger partial charge in [0.25, 0.3) is 5.91 Å². The van der Waals surface area contributed by atoms with Gasteiger partial charge in [0.1, 0.15) is 0 Å². The first-order chi connectivity index (χ1) is 16.7. The molecule has 6 heteroatoms. The van der Waals surface area contributed by atoms with Gasteiger partial charge in [-0.25, -0.2) is 4.98 Å². The van der Waals surface area contributed by atoms with Crippen LogP contribution in [-0.4, -0.2) is 40.5 Å². The summed E-state index contributed by atoms with van der Waals surface area (Å²) in [7, 11) is 0. The summed E-state index contributed by atoms with van der Waals surface area (Å²) in [6, 6.07) is 17.6. The predicted molar refractivity (Wildman–Crippen MR) is 132 cm³/mol. The first-order valence-corrected chi connectivity index (χ1v) is 11.7. The highest BCUT2D eigenvalue weighted by Gasteiger charge is 2.25. The van der Waals surface area contributed by atoms with Crippen molar-refractivity contribution in [1.29, 1.82) is 0 Å². The van der Waals surface area contributed by atoms with E-state index >= 15 is 0 Å². The topological polar surface area (TPSA) is 64.6 Å². The molecule has 5 rings (SSSR count). The molecule has 1 aliphatic rings. The number of para-hydroxylation sites is 1. The van der Waals surface area contributed by atoms with E-state index in [4.69, 9.17) is 14.5 Å². The number of benzene rings is 2. The number of hydrogen-bond donors (Lipinski definition) is 0. The maximum atomic E-state index is 13.8. The van der Waals surface area contributed by atoms with Crippen molar-refractivity contribution in [2.24, 2.45) is 0 Å². The number of hydrogen-bond acceptors (Lipinski definition) is 5. The summed E-state index contributed by atoms with van der Waals surface area (Å²) in [6.07, 6.45) is 4.25. The van der Waals surface area contributed by atoms with Crippen molar-refractivity contribution in [3.8, 4) is 22.8 Å². The molecule has 4 aromatic rings. The number of carbonyl (C=O) groups excluding carboxylic acids is 1. The van der Waals surface area contributed by atoms with Crippen LogP contribution in [0.1, 0.15) is 35.3 Å². The third-order valence-electron chi connectivity index (χ3n) is 6.09. The summed E-state index contributed by atoms with van der Waals surface area (Å²) in [4.78, 5) is 24.6. The third-order valence-corrected chi connectivity index (χ3v) is 6.09. The molecule has 2 aromatic heterocycles. The van der Waals surface area contributed by atoms with Gasteiger partial charge in [-0.05, 0) is 67.8 Å². The number of carbonyl (C=O) groups is 1. The molecule has 0 N–H and O–H groups in total. The molecule has 0 saturated heterocycles. The Morgan fingerprint density at radius 3 is 2.38 bits per heavy atom. The van der Waals surface area contributed by atoms with Crippen molar-refractivity contribution >= 4 is 16.8 Å². The smallest absolute Gasteiger partial charge is 0.254 e. The van der Waals surface area contributed by atoms with Crippen LogP contribution in [0.4, 0.5) is 0 Å². The van der Waals surface area contributed by atoms with Crippen molar-refractivity contribution in [3.63, 3.8) is 0 Å². The van der Waals surface area contributed by atoms with Gasteiger partial charge in [0, 0.05) is 36.4 Å². The lowest BCUT2D eigenvalue weighted by atomic mass is 9.97. The van der Waals surface area contributed by atoms with E-state index in [1.807, 2.05) is 67.3 Å². The molecular weight excluding hydrogens is 426 g/mol. The first-order valence-electron chi connectivity index (χ1n) is 11.7. The standard InChI is InChI=1S/C28H27N3O3/c1-3-33-26-15-20-11-14-31(18-21(20)16-27(26)34-4-2)28(32)23-17-25(19-9-12-29-13-10-19)30-24-8-6-5-7-22(23)24/h5-10,12-13,15-17H,3-4,11,14,18H2,1-2H3. The summed E-state index contributed by atoms with van der Waals surface area (Å²) in [5, 5.41) is 0.859. The van der Waals surface area contributed by atoms with Crippen LogP contribution in [-0.2, 0) is 13.0 Å². The van der Waals surface area contributed by atoms with Crippen LogP contribution < -0.4 is 9.47 Å². The van der Waals surface area contributed by atoms with Crippen LogP contribution in [0.2, 0.25) is 0 Å². The Kier molecular flexibility index (Phi) is 6.12. The largest absolute Gasteiger partial charge is 0.490 e. The zero-order valence-electron chi connectivity index (χ0n) is 19.5. The molecule has 172 valence electrons. The highest BCUT2D eigenvalue weighted by Crippen LogP contribution is 2.35. The Morgan fingerprint density at radius 2 is 1.65 bits per heavy atom. The van der Waals surface area contributed by atoms with Crippen LogP contribution in [0.15, 0.2) is 67.0 Å². The number of nitrogens with zero attached hydrogens (tertiary/aromatic N) is 3. The molecule has 0 radical (unpaired) electrons.